The first-order chi connectivity index (χ1) is 9.66. The van der Waals surface area contributed by atoms with Crippen LogP contribution in [-0.4, -0.2) is 20.1 Å². The fraction of sp³-hybridized carbons (Fsp3) is 0.467. The number of nitrogens with zero attached hydrogens (tertiary/aromatic N) is 3. The summed E-state index contributed by atoms with van der Waals surface area (Å²) in [6.45, 7) is 4.89. The molecule has 5 heteroatoms. The second-order valence-corrected chi connectivity index (χ2v) is 6.05. The Hall–Kier alpha value is -1.39. The highest BCUT2D eigenvalue weighted by Crippen LogP contribution is 2.34. The van der Waals surface area contributed by atoms with E-state index in [1.165, 1.54) is 11.1 Å². The Kier molecular flexibility index (Phi) is 3.76. The quantitative estimate of drug-likeness (QED) is 0.881. The summed E-state index contributed by atoms with van der Waals surface area (Å²) >= 11 is 6.48. The van der Waals surface area contributed by atoms with Gasteiger partial charge in [0.1, 0.15) is 12.2 Å². The second-order valence-electron chi connectivity index (χ2n) is 5.49. The van der Waals surface area contributed by atoms with E-state index in [4.69, 9.17) is 11.6 Å². The molecule has 1 aliphatic carbocycles. The monoisotopic (exact) mass is 290 g/mol. The van der Waals surface area contributed by atoms with Crippen molar-refractivity contribution in [1.29, 1.82) is 0 Å². The molecule has 3 rings (SSSR count). The van der Waals surface area contributed by atoms with Crippen molar-refractivity contribution in [3.05, 3.63) is 47.5 Å². The largest absolute Gasteiger partial charge is 0.302 e. The summed E-state index contributed by atoms with van der Waals surface area (Å²) in [5, 5.41) is 7.89. The van der Waals surface area contributed by atoms with Crippen molar-refractivity contribution >= 4 is 11.6 Å². The summed E-state index contributed by atoms with van der Waals surface area (Å²) < 4.78 is 1.94. The SMILES string of the molecule is CC(C)n1ncnc1CNC1c2ccccc2CC1Cl. The van der Waals surface area contributed by atoms with Gasteiger partial charge in [-0.15, -0.1) is 11.6 Å². The molecule has 0 bridgehead atoms. The zero-order valence-electron chi connectivity index (χ0n) is 11.8. The number of nitrogens with one attached hydrogen (secondary N) is 1. The van der Waals surface area contributed by atoms with Gasteiger partial charge in [0.2, 0.25) is 0 Å². The maximum absolute atomic E-state index is 6.48. The van der Waals surface area contributed by atoms with Gasteiger partial charge in [0, 0.05) is 12.1 Å². The van der Waals surface area contributed by atoms with Crippen LogP contribution >= 0.6 is 11.6 Å². The van der Waals surface area contributed by atoms with Crippen LogP contribution in [0.1, 0.15) is 42.9 Å². The Bertz CT molecular complexity index is 593. The standard InChI is InChI=1S/C15H19ClN4/c1-10(2)20-14(18-9-19-20)8-17-15-12-6-4-3-5-11(12)7-13(15)16/h3-6,9-10,13,15,17H,7-8H2,1-2H3. The molecular formula is C15H19ClN4. The van der Waals surface area contributed by atoms with Crippen molar-refractivity contribution < 1.29 is 0 Å². The Labute approximate surface area is 124 Å². The van der Waals surface area contributed by atoms with Crippen LogP contribution in [0.5, 0.6) is 0 Å². The molecule has 0 aliphatic heterocycles. The van der Waals surface area contributed by atoms with Crippen LogP contribution in [0.25, 0.3) is 0 Å². The molecule has 0 saturated heterocycles. The van der Waals surface area contributed by atoms with E-state index < -0.39 is 0 Å². The van der Waals surface area contributed by atoms with Gasteiger partial charge in [0.05, 0.1) is 11.9 Å². The molecule has 0 saturated carbocycles. The molecule has 0 spiro atoms. The average molecular weight is 291 g/mol. The second kappa shape index (κ2) is 5.54. The average Bonchev–Trinajstić information content (AvgIpc) is 3.00. The third-order valence-corrected chi connectivity index (χ3v) is 4.19. The number of alkyl halides is 1. The van der Waals surface area contributed by atoms with Gasteiger partial charge in [0.15, 0.2) is 0 Å². The van der Waals surface area contributed by atoms with Crippen molar-refractivity contribution in [3.8, 4) is 0 Å². The van der Waals surface area contributed by atoms with Gasteiger partial charge in [-0.05, 0) is 31.4 Å². The molecule has 1 aliphatic rings. The molecular weight excluding hydrogens is 272 g/mol. The van der Waals surface area contributed by atoms with E-state index in [0.717, 1.165) is 12.2 Å². The van der Waals surface area contributed by atoms with Crippen LogP contribution in [0.15, 0.2) is 30.6 Å². The molecule has 2 aromatic rings. The van der Waals surface area contributed by atoms with Gasteiger partial charge in [-0.3, -0.25) is 0 Å². The van der Waals surface area contributed by atoms with E-state index in [1.807, 2.05) is 4.68 Å². The minimum absolute atomic E-state index is 0.0998. The molecule has 20 heavy (non-hydrogen) atoms. The normalized spacial score (nSPS) is 21.4. The van der Waals surface area contributed by atoms with Gasteiger partial charge in [0.25, 0.3) is 0 Å². The summed E-state index contributed by atoms with van der Waals surface area (Å²) in [7, 11) is 0. The zero-order chi connectivity index (χ0) is 14.1. The van der Waals surface area contributed by atoms with Crippen LogP contribution in [0.4, 0.5) is 0 Å². The third kappa shape index (κ3) is 2.45. The van der Waals surface area contributed by atoms with Crippen molar-refractivity contribution in [2.45, 2.75) is 44.3 Å². The highest BCUT2D eigenvalue weighted by molar-refractivity contribution is 6.21. The number of rotatable bonds is 4. The first kappa shape index (κ1) is 13.6. The molecule has 106 valence electrons. The van der Waals surface area contributed by atoms with Crippen LogP contribution in [0.3, 0.4) is 0 Å². The lowest BCUT2D eigenvalue weighted by Crippen LogP contribution is -2.27. The van der Waals surface area contributed by atoms with Gasteiger partial charge in [-0.25, -0.2) is 9.67 Å². The van der Waals surface area contributed by atoms with Gasteiger partial charge >= 0.3 is 0 Å². The highest BCUT2D eigenvalue weighted by Gasteiger charge is 2.30. The molecule has 0 fully saturated rings. The fourth-order valence-corrected chi connectivity index (χ4v) is 3.21. The molecule has 0 amide bonds. The van der Waals surface area contributed by atoms with E-state index >= 15 is 0 Å². The predicted molar refractivity (Wildman–Crippen MR) is 79.8 cm³/mol. The lowest BCUT2D eigenvalue weighted by atomic mass is 10.1. The molecule has 0 radical (unpaired) electrons. The highest BCUT2D eigenvalue weighted by atomic mass is 35.5. The smallest absolute Gasteiger partial charge is 0.141 e. The van der Waals surface area contributed by atoms with Crippen LogP contribution < -0.4 is 5.32 Å². The first-order valence-electron chi connectivity index (χ1n) is 7.00. The minimum atomic E-state index is 0.0998. The number of hydrogen-bond acceptors (Lipinski definition) is 3. The molecule has 4 nitrogen and oxygen atoms in total. The summed E-state index contributed by atoms with van der Waals surface area (Å²) in [6, 6.07) is 8.95. The van der Waals surface area contributed by atoms with E-state index in [1.54, 1.807) is 6.33 Å². The maximum atomic E-state index is 6.48. The van der Waals surface area contributed by atoms with E-state index in [0.29, 0.717) is 12.6 Å². The minimum Gasteiger partial charge on any atom is -0.302 e. The Morgan fingerprint density at radius 1 is 1.40 bits per heavy atom. The first-order valence-corrected chi connectivity index (χ1v) is 7.44. The third-order valence-electron chi connectivity index (χ3n) is 3.78. The lowest BCUT2D eigenvalue weighted by Gasteiger charge is -2.18. The van der Waals surface area contributed by atoms with Crippen molar-refractivity contribution in [3.63, 3.8) is 0 Å². The number of benzene rings is 1. The molecule has 1 heterocycles. The molecule has 1 aromatic heterocycles. The number of halogens is 1. The van der Waals surface area contributed by atoms with Gasteiger partial charge in [-0.2, -0.15) is 5.10 Å². The topological polar surface area (TPSA) is 42.7 Å². The number of fused-ring (bicyclic) bond motifs is 1. The molecule has 1 N–H and O–H groups in total. The number of hydrogen-bond donors (Lipinski definition) is 1. The number of aromatic nitrogens is 3. The Balaban J connectivity index is 1.74. The zero-order valence-corrected chi connectivity index (χ0v) is 12.5. The molecule has 2 unspecified atom stereocenters. The maximum Gasteiger partial charge on any atom is 0.141 e. The summed E-state index contributed by atoms with van der Waals surface area (Å²) in [6.07, 6.45) is 2.53. The summed E-state index contributed by atoms with van der Waals surface area (Å²) in [4.78, 5) is 4.33. The van der Waals surface area contributed by atoms with Crippen molar-refractivity contribution in [2.75, 3.05) is 0 Å². The Morgan fingerprint density at radius 3 is 3.00 bits per heavy atom. The predicted octanol–water partition coefficient (Wildman–Crippen LogP) is 2.85. The van der Waals surface area contributed by atoms with Crippen molar-refractivity contribution in [1.82, 2.24) is 20.1 Å². The van der Waals surface area contributed by atoms with Gasteiger partial charge < -0.3 is 5.32 Å². The van der Waals surface area contributed by atoms with Crippen LogP contribution in [0, 0.1) is 0 Å². The van der Waals surface area contributed by atoms with E-state index in [2.05, 4.69) is 53.5 Å². The summed E-state index contributed by atoms with van der Waals surface area (Å²) in [5.41, 5.74) is 2.65. The lowest BCUT2D eigenvalue weighted by molar-refractivity contribution is 0.464. The van der Waals surface area contributed by atoms with Gasteiger partial charge in [-0.1, -0.05) is 24.3 Å². The van der Waals surface area contributed by atoms with Crippen LogP contribution in [0.2, 0.25) is 0 Å². The van der Waals surface area contributed by atoms with Crippen LogP contribution in [-0.2, 0) is 13.0 Å². The molecule has 1 aromatic carbocycles. The fourth-order valence-electron chi connectivity index (χ4n) is 2.82. The Morgan fingerprint density at radius 2 is 2.20 bits per heavy atom. The summed E-state index contributed by atoms with van der Waals surface area (Å²) in [5.74, 6) is 0.952. The van der Waals surface area contributed by atoms with E-state index in [9.17, 15) is 0 Å². The van der Waals surface area contributed by atoms with E-state index in [-0.39, 0.29) is 11.4 Å². The van der Waals surface area contributed by atoms with Crippen molar-refractivity contribution in [2.24, 2.45) is 0 Å². The molecule has 2 atom stereocenters.